The average molecular weight is 448 g/mol. The monoisotopic (exact) mass is 447 g/mol. The fourth-order valence-electron chi connectivity index (χ4n) is 4.84. The molecular weight excluding hydrogens is 410 g/mol. The molecule has 0 radical (unpaired) electrons. The van der Waals surface area contributed by atoms with E-state index in [9.17, 15) is 15.0 Å². The van der Waals surface area contributed by atoms with Gasteiger partial charge >= 0.3 is 0 Å². The zero-order valence-electron chi connectivity index (χ0n) is 19.8. The zero-order chi connectivity index (χ0) is 23.1. The highest BCUT2D eigenvalue weighted by molar-refractivity contribution is 7.99. The molecule has 1 aromatic carbocycles. The van der Waals surface area contributed by atoms with Crippen LogP contribution in [0.1, 0.15) is 71.4 Å². The number of aliphatic hydroxyl groups is 1. The number of allylic oxidation sites excluding steroid dienone is 1. The molecule has 4 unspecified atom stereocenters. The number of ether oxygens (including phenoxy) is 1. The van der Waals surface area contributed by atoms with E-state index < -0.39 is 5.60 Å². The fourth-order valence-corrected chi connectivity index (χ4v) is 5.47. The van der Waals surface area contributed by atoms with Gasteiger partial charge in [-0.2, -0.15) is 11.8 Å². The van der Waals surface area contributed by atoms with Gasteiger partial charge in [-0.3, -0.25) is 4.79 Å². The Morgan fingerprint density at radius 1 is 1.35 bits per heavy atom. The van der Waals surface area contributed by atoms with E-state index >= 15 is 0 Å². The standard InChI is InChI=1S/C25H37NO4S/c1-14(21(13-27)31-7)26-23(29)15-8-9-18-17(10-15)22-19(28)11-16(24(2,3)4)12-20(22)30-25(18,5)6/h8,11-12,14,17-18,21,27-28H,9-10,13H2,1-7H3,(H,26,29). The number of carbonyl (C=O) groups excluding carboxylic acids is 1. The molecule has 2 aliphatic rings. The summed E-state index contributed by atoms with van der Waals surface area (Å²) in [6.07, 6.45) is 5.24. The predicted molar refractivity (Wildman–Crippen MR) is 127 cm³/mol. The van der Waals surface area contributed by atoms with E-state index in [0.717, 1.165) is 28.9 Å². The number of benzene rings is 1. The molecule has 0 bridgehead atoms. The van der Waals surface area contributed by atoms with Gasteiger partial charge in [0.25, 0.3) is 0 Å². The van der Waals surface area contributed by atoms with Crippen LogP contribution in [0.15, 0.2) is 23.8 Å². The molecular formula is C25H37NO4S. The van der Waals surface area contributed by atoms with Gasteiger partial charge in [-0.25, -0.2) is 0 Å². The molecule has 172 valence electrons. The van der Waals surface area contributed by atoms with Crippen molar-refractivity contribution in [2.24, 2.45) is 5.92 Å². The maximum absolute atomic E-state index is 13.0. The maximum atomic E-state index is 13.0. The van der Waals surface area contributed by atoms with Gasteiger partial charge in [-0.15, -0.1) is 0 Å². The van der Waals surface area contributed by atoms with Crippen LogP contribution in [-0.4, -0.2) is 45.9 Å². The van der Waals surface area contributed by atoms with Crippen molar-refractivity contribution in [2.75, 3.05) is 12.9 Å². The van der Waals surface area contributed by atoms with Gasteiger partial charge in [0, 0.05) is 34.3 Å². The largest absolute Gasteiger partial charge is 0.508 e. The third-order valence-corrected chi connectivity index (χ3v) is 8.02. The molecule has 1 amide bonds. The molecule has 1 aromatic rings. The molecule has 6 heteroatoms. The van der Waals surface area contributed by atoms with Crippen molar-refractivity contribution in [2.45, 2.75) is 82.6 Å². The average Bonchev–Trinajstić information content (AvgIpc) is 2.66. The molecule has 1 aliphatic heterocycles. The van der Waals surface area contributed by atoms with E-state index in [0.29, 0.717) is 6.42 Å². The van der Waals surface area contributed by atoms with Crippen molar-refractivity contribution < 1.29 is 19.7 Å². The molecule has 31 heavy (non-hydrogen) atoms. The number of carbonyl (C=O) groups is 1. The Labute approximate surface area is 190 Å². The fraction of sp³-hybridized carbons (Fsp3) is 0.640. The molecule has 0 spiro atoms. The summed E-state index contributed by atoms with van der Waals surface area (Å²) in [5.74, 6) is 1.09. The van der Waals surface area contributed by atoms with Gasteiger partial charge in [0.2, 0.25) is 5.91 Å². The Bertz CT molecular complexity index is 867. The van der Waals surface area contributed by atoms with Crippen molar-refractivity contribution in [3.8, 4) is 11.5 Å². The number of phenols is 1. The minimum atomic E-state index is -0.396. The van der Waals surface area contributed by atoms with Crippen LogP contribution in [0.25, 0.3) is 0 Å². The Kier molecular flexibility index (Phi) is 6.73. The van der Waals surface area contributed by atoms with Crippen molar-refractivity contribution in [1.29, 1.82) is 0 Å². The van der Waals surface area contributed by atoms with Gasteiger partial charge < -0.3 is 20.3 Å². The van der Waals surface area contributed by atoms with Crippen LogP contribution in [-0.2, 0) is 10.2 Å². The predicted octanol–water partition coefficient (Wildman–Crippen LogP) is 4.51. The molecule has 0 saturated carbocycles. The van der Waals surface area contributed by atoms with E-state index in [1.54, 1.807) is 11.8 Å². The quantitative estimate of drug-likeness (QED) is 0.619. The third kappa shape index (κ3) is 4.75. The zero-order valence-corrected chi connectivity index (χ0v) is 20.6. The minimum absolute atomic E-state index is 0.0167. The van der Waals surface area contributed by atoms with Crippen LogP contribution in [0, 0.1) is 5.92 Å². The lowest BCUT2D eigenvalue weighted by atomic mass is 9.66. The first-order valence-electron chi connectivity index (χ1n) is 11.1. The summed E-state index contributed by atoms with van der Waals surface area (Å²) < 4.78 is 6.41. The van der Waals surface area contributed by atoms with E-state index in [-0.39, 0.29) is 46.8 Å². The number of thioether (sulfide) groups is 1. The van der Waals surface area contributed by atoms with E-state index in [4.69, 9.17) is 4.74 Å². The minimum Gasteiger partial charge on any atom is -0.508 e. The Hall–Kier alpha value is -1.66. The SMILES string of the molecule is CSC(CO)C(C)NC(=O)C1=CCC2C(C1)c1c(O)cc(C(C)(C)C)cc1OC2(C)C. The molecule has 1 heterocycles. The highest BCUT2D eigenvalue weighted by atomic mass is 32.2. The normalized spacial score (nSPS) is 24.2. The highest BCUT2D eigenvalue weighted by Gasteiger charge is 2.47. The van der Waals surface area contributed by atoms with Crippen LogP contribution in [0.4, 0.5) is 0 Å². The molecule has 5 nitrogen and oxygen atoms in total. The lowest BCUT2D eigenvalue weighted by Gasteiger charge is -2.47. The van der Waals surface area contributed by atoms with Crippen molar-refractivity contribution in [3.05, 3.63) is 34.9 Å². The Balaban J connectivity index is 1.92. The maximum Gasteiger partial charge on any atom is 0.247 e. The summed E-state index contributed by atoms with van der Waals surface area (Å²) in [6, 6.07) is 3.77. The smallest absolute Gasteiger partial charge is 0.247 e. The summed E-state index contributed by atoms with van der Waals surface area (Å²) in [5, 5.41) is 23.5. The number of phenolic OH excluding ortho intramolecular Hbond substituents is 1. The summed E-state index contributed by atoms with van der Waals surface area (Å²) in [7, 11) is 0. The van der Waals surface area contributed by atoms with Gasteiger partial charge in [0.1, 0.15) is 17.1 Å². The molecule has 3 rings (SSSR count). The topological polar surface area (TPSA) is 78.8 Å². The van der Waals surface area contributed by atoms with Crippen LogP contribution in [0.5, 0.6) is 11.5 Å². The second-order valence-corrected chi connectivity index (χ2v) is 11.5. The highest BCUT2D eigenvalue weighted by Crippen LogP contribution is 2.54. The van der Waals surface area contributed by atoms with Crippen LogP contribution < -0.4 is 10.1 Å². The molecule has 0 saturated heterocycles. The summed E-state index contributed by atoms with van der Waals surface area (Å²) in [6.45, 7) is 12.5. The molecule has 0 fully saturated rings. The van der Waals surface area contributed by atoms with Crippen LogP contribution >= 0.6 is 11.8 Å². The number of rotatable bonds is 5. The van der Waals surface area contributed by atoms with Gasteiger partial charge in [-0.05, 0) is 63.0 Å². The second kappa shape index (κ2) is 8.70. The number of aliphatic hydroxyl groups excluding tert-OH is 1. The molecule has 1 aliphatic carbocycles. The Morgan fingerprint density at radius 2 is 2.03 bits per heavy atom. The van der Waals surface area contributed by atoms with Crippen LogP contribution in [0.2, 0.25) is 0 Å². The first-order valence-corrected chi connectivity index (χ1v) is 12.4. The summed E-state index contributed by atoms with van der Waals surface area (Å²) >= 11 is 1.55. The summed E-state index contributed by atoms with van der Waals surface area (Å²) in [5.41, 5.74) is 2.09. The van der Waals surface area contributed by atoms with Crippen LogP contribution in [0.3, 0.4) is 0 Å². The number of hydrogen-bond acceptors (Lipinski definition) is 5. The van der Waals surface area contributed by atoms with Crippen molar-refractivity contribution in [1.82, 2.24) is 5.32 Å². The molecule has 0 aromatic heterocycles. The number of nitrogens with one attached hydrogen (secondary N) is 1. The van der Waals surface area contributed by atoms with Gasteiger partial charge in [0.05, 0.1) is 6.61 Å². The second-order valence-electron chi connectivity index (χ2n) is 10.5. The first-order chi connectivity index (χ1) is 14.4. The lowest BCUT2D eigenvalue weighted by Crippen LogP contribution is -2.47. The van der Waals surface area contributed by atoms with Crippen molar-refractivity contribution >= 4 is 17.7 Å². The number of hydrogen-bond donors (Lipinski definition) is 3. The van der Waals surface area contributed by atoms with E-state index in [1.165, 1.54) is 0 Å². The van der Waals surface area contributed by atoms with Crippen molar-refractivity contribution in [3.63, 3.8) is 0 Å². The van der Waals surface area contributed by atoms with Gasteiger partial charge in [-0.1, -0.05) is 26.8 Å². The number of fused-ring (bicyclic) bond motifs is 3. The molecule has 4 atom stereocenters. The van der Waals surface area contributed by atoms with E-state index in [1.807, 2.05) is 25.3 Å². The summed E-state index contributed by atoms with van der Waals surface area (Å²) in [4.78, 5) is 13.0. The third-order valence-electron chi connectivity index (χ3n) is 6.86. The Morgan fingerprint density at radius 3 is 2.61 bits per heavy atom. The molecule has 3 N–H and O–H groups in total. The van der Waals surface area contributed by atoms with E-state index in [2.05, 4.69) is 46.0 Å². The number of amides is 1. The first kappa shape index (κ1) is 24.0. The van der Waals surface area contributed by atoms with Gasteiger partial charge in [0.15, 0.2) is 0 Å². The lowest BCUT2D eigenvalue weighted by molar-refractivity contribution is -0.118. The number of aromatic hydroxyl groups is 1.